The normalized spacial score (nSPS) is 12.2. The zero-order chi connectivity index (χ0) is 18.2. The van der Waals surface area contributed by atoms with Crippen molar-refractivity contribution in [1.29, 1.82) is 0 Å². The second kappa shape index (κ2) is 9.14. The lowest BCUT2D eigenvalue weighted by molar-refractivity contribution is 0.161. The largest absolute Gasteiger partial charge is 0.394 e. The Hall–Kier alpha value is -2.45. The van der Waals surface area contributed by atoms with Gasteiger partial charge in [-0.3, -0.25) is 0 Å². The van der Waals surface area contributed by atoms with Crippen LogP contribution in [0.5, 0.6) is 0 Å². The molecule has 2 amide bonds. The summed E-state index contributed by atoms with van der Waals surface area (Å²) in [6, 6.07) is 6.34. The van der Waals surface area contributed by atoms with Gasteiger partial charge in [-0.15, -0.1) is 0 Å². The van der Waals surface area contributed by atoms with Crippen LogP contribution >= 0.6 is 0 Å². The number of hydrogen-bond donors (Lipinski definition) is 3. The summed E-state index contributed by atoms with van der Waals surface area (Å²) >= 11 is 0. The molecule has 0 aliphatic carbocycles. The first-order chi connectivity index (χ1) is 12.0. The summed E-state index contributed by atoms with van der Waals surface area (Å²) in [5.74, 6) is 1.29. The molecule has 0 saturated heterocycles. The number of nitrogens with one attached hydrogen (secondary N) is 2. The average Bonchev–Trinajstić information content (AvgIpc) is 3.09. The Kier molecular flexibility index (Phi) is 6.91. The van der Waals surface area contributed by atoms with Crippen LogP contribution in [0.25, 0.3) is 11.5 Å². The smallest absolute Gasteiger partial charge is 0.319 e. The standard InChI is InChI=1S/C17H24N4O4/c1-11(2)15-20-16(25-21-15)12-4-6-13(7-5-12)18-17(23)19-14(10-22)8-9-24-3/h4-7,11,14,22H,8-10H2,1-3H3,(H2,18,19,23). The number of aliphatic hydroxyl groups excluding tert-OH is 1. The van der Waals surface area contributed by atoms with E-state index in [9.17, 15) is 9.90 Å². The van der Waals surface area contributed by atoms with Crippen LogP contribution in [-0.2, 0) is 4.74 Å². The number of urea groups is 1. The van der Waals surface area contributed by atoms with Gasteiger partial charge in [-0.1, -0.05) is 19.0 Å². The van der Waals surface area contributed by atoms with E-state index in [1.807, 2.05) is 13.8 Å². The number of hydrogen-bond acceptors (Lipinski definition) is 6. The molecule has 2 aromatic rings. The van der Waals surface area contributed by atoms with Gasteiger partial charge in [0.1, 0.15) is 0 Å². The zero-order valence-electron chi connectivity index (χ0n) is 14.7. The van der Waals surface area contributed by atoms with Crippen molar-refractivity contribution in [2.24, 2.45) is 0 Å². The molecule has 3 N–H and O–H groups in total. The predicted octanol–water partition coefficient (Wildman–Crippen LogP) is 2.38. The molecule has 0 fully saturated rings. The van der Waals surface area contributed by atoms with Gasteiger partial charge in [0.05, 0.1) is 12.6 Å². The van der Waals surface area contributed by atoms with E-state index in [1.165, 1.54) is 0 Å². The first-order valence-electron chi connectivity index (χ1n) is 8.14. The molecule has 136 valence electrons. The molecule has 0 spiro atoms. The minimum Gasteiger partial charge on any atom is -0.394 e. The van der Waals surface area contributed by atoms with Gasteiger partial charge in [-0.2, -0.15) is 4.98 Å². The van der Waals surface area contributed by atoms with Gasteiger partial charge in [0.25, 0.3) is 5.89 Å². The van der Waals surface area contributed by atoms with Crippen LogP contribution in [0.4, 0.5) is 10.5 Å². The fourth-order valence-corrected chi connectivity index (χ4v) is 2.10. The Labute approximate surface area is 146 Å². The number of aromatic nitrogens is 2. The Morgan fingerprint density at radius 2 is 2.04 bits per heavy atom. The predicted molar refractivity (Wildman–Crippen MR) is 93.3 cm³/mol. The number of methoxy groups -OCH3 is 1. The number of carbonyl (C=O) groups is 1. The highest BCUT2D eigenvalue weighted by Gasteiger charge is 2.13. The van der Waals surface area contributed by atoms with E-state index in [4.69, 9.17) is 9.26 Å². The third kappa shape index (κ3) is 5.54. The molecule has 2 rings (SSSR count). The van der Waals surface area contributed by atoms with E-state index in [1.54, 1.807) is 31.4 Å². The van der Waals surface area contributed by atoms with Crippen molar-refractivity contribution in [2.75, 3.05) is 25.6 Å². The van der Waals surface area contributed by atoms with Gasteiger partial charge in [0.2, 0.25) is 0 Å². The van der Waals surface area contributed by atoms with Crippen molar-refractivity contribution in [1.82, 2.24) is 15.5 Å². The van der Waals surface area contributed by atoms with Crippen molar-refractivity contribution in [3.05, 3.63) is 30.1 Å². The molecule has 8 nitrogen and oxygen atoms in total. The van der Waals surface area contributed by atoms with E-state index < -0.39 is 0 Å². The van der Waals surface area contributed by atoms with Crippen LogP contribution in [0, 0.1) is 0 Å². The molecule has 1 heterocycles. The maximum Gasteiger partial charge on any atom is 0.319 e. The van der Waals surface area contributed by atoms with Crippen molar-refractivity contribution >= 4 is 11.7 Å². The lowest BCUT2D eigenvalue weighted by Gasteiger charge is -2.16. The number of amides is 2. The molecule has 1 atom stereocenters. The minimum absolute atomic E-state index is 0.148. The highest BCUT2D eigenvalue weighted by molar-refractivity contribution is 5.89. The Morgan fingerprint density at radius 3 is 2.60 bits per heavy atom. The van der Waals surface area contributed by atoms with Crippen LogP contribution in [0.2, 0.25) is 0 Å². The summed E-state index contributed by atoms with van der Waals surface area (Å²) in [5, 5.41) is 18.6. The van der Waals surface area contributed by atoms with Crippen LogP contribution < -0.4 is 10.6 Å². The topological polar surface area (TPSA) is 110 Å². The summed E-state index contributed by atoms with van der Waals surface area (Å²) < 4.78 is 10.2. The summed E-state index contributed by atoms with van der Waals surface area (Å²) in [7, 11) is 1.57. The summed E-state index contributed by atoms with van der Waals surface area (Å²) in [6.07, 6.45) is 0.536. The number of ether oxygens (including phenoxy) is 1. The highest BCUT2D eigenvalue weighted by atomic mass is 16.5. The number of carbonyl (C=O) groups excluding carboxylic acids is 1. The Morgan fingerprint density at radius 1 is 1.32 bits per heavy atom. The van der Waals surface area contributed by atoms with Gasteiger partial charge in [0, 0.05) is 30.9 Å². The fraction of sp³-hybridized carbons (Fsp3) is 0.471. The van der Waals surface area contributed by atoms with E-state index in [0.717, 1.165) is 5.56 Å². The first-order valence-corrected chi connectivity index (χ1v) is 8.14. The lowest BCUT2D eigenvalue weighted by atomic mass is 10.2. The van der Waals surface area contributed by atoms with Crippen LogP contribution in [-0.4, -0.2) is 47.6 Å². The van der Waals surface area contributed by atoms with Crippen LogP contribution in [0.3, 0.4) is 0 Å². The molecule has 1 unspecified atom stereocenters. The molecular weight excluding hydrogens is 324 g/mol. The highest BCUT2D eigenvalue weighted by Crippen LogP contribution is 2.21. The minimum atomic E-state index is -0.386. The van der Waals surface area contributed by atoms with Crippen LogP contribution in [0.15, 0.2) is 28.8 Å². The van der Waals surface area contributed by atoms with E-state index in [2.05, 4.69) is 20.8 Å². The van der Waals surface area contributed by atoms with Crippen molar-refractivity contribution in [3.63, 3.8) is 0 Å². The van der Waals surface area contributed by atoms with E-state index in [-0.39, 0.29) is 24.6 Å². The van der Waals surface area contributed by atoms with Gasteiger partial charge in [-0.05, 0) is 30.7 Å². The number of nitrogens with zero attached hydrogens (tertiary/aromatic N) is 2. The van der Waals surface area contributed by atoms with E-state index in [0.29, 0.717) is 30.4 Å². The van der Waals surface area contributed by atoms with Gasteiger partial charge < -0.3 is 25.0 Å². The fourth-order valence-electron chi connectivity index (χ4n) is 2.10. The van der Waals surface area contributed by atoms with Gasteiger partial charge in [0.15, 0.2) is 5.82 Å². The van der Waals surface area contributed by atoms with Crippen molar-refractivity contribution < 1.29 is 19.2 Å². The molecule has 0 bridgehead atoms. The maximum absolute atomic E-state index is 12.0. The SMILES string of the molecule is COCCC(CO)NC(=O)Nc1ccc(-c2nc(C(C)C)no2)cc1. The molecule has 8 heteroatoms. The molecule has 0 saturated carbocycles. The molecule has 25 heavy (non-hydrogen) atoms. The molecule has 0 aliphatic heterocycles. The van der Waals surface area contributed by atoms with Crippen molar-refractivity contribution in [2.45, 2.75) is 32.2 Å². The second-order valence-electron chi connectivity index (χ2n) is 5.95. The Balaban J connectivity index is 1.94. The van der Waals surface area contributed by atoms with Crippen LogP contribution in [0.1, 0.15) is 32.0 Å². The lowest BCUT2D eigenvalue weighted by Crippen LogP contribution is -2.40. The van der Waals surface area contributed by atoms with Gasteiger partial charge >= 0.3 is 6.03 Å². The third-order valence-corrected chi connectivity index (χ3v) is 3.57. The quantitative estimate of drug-likeness (QED) is 0.676. The van der Waals surface area contributed by atoms with Crippen molar-refractivity contribution in [3.8, 4) is 11.5 Å². The first kappa shape index (κ1) is 18.9. The second-order valence-corrected chi connectivity index (χ2v) is 5.95. The number of rotatable bonds is 8. The summed E-state index contributed by atoms with van der Waals surface area (Å²) in [5.41, 5.74) is 1.40. The number of aliphatic hydroxyl groups is 1. The number of benzene rings is 1. The third-order valence-electron chi connectivity index (χ3n) is 3.57. The Bertz CT molecular complexity index is 670. The average molecular weight is 348 g/mol. The molecule has 1 aromatic heterocycles. The molecule has 1 aromatic carbocycles. The van der Waals surface area contributed by atoms with Gasteiger partial charge in [-0.25, -0.2) is 4.79 Å². The summed E-state index contributed by atoms with van der Waals surface area (Å²) in [6.45, 7) is 4.30. The zero-order valence-corrected chi connectivity index (χ0v) is 14.7. The molecule has 0 radical (unpaired) electrons. The monoisotopic (exact) mass is 348 g/mol. The maximum atomic E-state index is 12.0. The molecule has 0 aliphatic rings. The molecular formula is C17H24N4O4. The summed E-state index contributed by atoms with van der Waals surface area (Å²) in [4.78, 5) is 16.3. The number of anilines is 1. The van der Waals surface area contributed by atoms with E-state index >= 15 is 0 Å².